The van der Waals surface area contributed by atoms with Crippen LogP contribution in [0.5, 0.6) is 0 Å². The molecule has 206 valence electrons. The largest absolute Gasteiger partial charge is 0.426 e. The van der Waals surface area contributed by atoms with Crippen LogP contribution >= 0.6 is 0 Å². The number of nitrogens with one attached hydrogen (secondary N) is 2. The molecule has 2 heterocycles. The van der Waals surface area contributed by atoms with E-state index in [9.17, 15) is 19.2 Å². The summed E-state index contributed by atoms with van der Waals surface area (Å²) in [7, 11) is 0. The van der Waals surface area contributed by atoms with Crippen molar-refractivity contribution < 1.29 is 33.8 Å². The van der Waals surface area contributed by atoms with Crippen LogP contribution in [-0.4, -0.2) is 74.5 Å². The first kappa shape index (κ1) is 27.5. The third-order valence-electron chi connectivity index (χ3n) is 6.20. The van der Waals surface area contributed by atoms with E-state index in [2.05, 4.69) is 25.5 Å². The van der Waals surface area contributed by atoms with Crippen LogP contribution in [0.4, 0.5) is 16.3 Å². The Hall–Kier alpha value is -4.52. The second-order valence-electron chi connectivity index (χ2n) is 9.09. The number of aliphatic hydroxyl groups excluding tert-OH is 1. The van der Waals surface area contributed by atoms with Crippen LogP contribution < -0.4 is 10.6 Å². The molecular weight excluding hydrogens is 508 g/mol. The minimum absolute atomic E-state index is 0.183. The highest BCUT2D eigenvalue weighted by Crippen LogP contribution is 2.32. The molecule has 1 saturated carbocycles. The summed E-state index contributed by atoms with van der Waals surface area (Å²) in [5, 5.41) is 19.1. The van der Waals surface area contributed by atoms with Crippen molar-refractivity contribution in [3.63, 3.8) is 0 Å². The van der Waals surface area contributed by atoms with Crippen molar-refractivity contribution in [2.75, 3.05) is 25.3 Å². The van der Waals surface area contributed by atoms with E-state index in [-0.39, 0.29) is 17.5 Å². The number of rotatable bonds is 10. The number of carbonyl (C=O) groups is 4. The Morgan fingerprint density at radius 1 is 1.18 bits per heavy atom. The van der Waals surface area contributed by atoms with E-state index < -0.39 is 31.4 Å². The van der Waals surface area contributed by atoms with E-state index >= 15 is 0 Å². The minimum Gasteiger partial charge on any atom is -0.426 e. The highest BCUT2D eigenvalue weighted by atomic mass is 16.7. The van der Waals surface area contributed by atoms with E-state index in [0.29, 0.717) is 47.5 Å². The average Bonchev–Trinajstić information content (AvgIpc) is 3.70. The summed E-state index contributed by atoms with van der Waals surface area (Å²) in [4.78, 5) is 55.1. The van der Waals surface area contributed by atoms with Crippen LogP contribution in [0.2, 0.25) is 0 Å². The van der Waals surface area contributed by atoms with Gasteiger partial charge in [-0.15, -0.1) is 0 Å². The Morgan fingerprint density at radius 3 is 2.64 bits per heavy atom. The van der Waals surface area contributed by atoms with Gasteiger partial charge in [0.05, 0.1) is 5.56 Å². The lowest BCUT2D eigenvalue weighted by Gasteiger charge is -2.19. The number of ether oxygens (including phenoxy) is 2. The molecule has 0 radical (unpaired) electrons. The van der Waals surface area contributed by atoms with Gasteiger partial charge < -0.3 is 25.2 Å². The molecule has 13 heteroatoms. The minimum atomic E-state index is -0.957. The Morgan fingerprint density at radius 2 is 1.95 bits per heavy atom. The quantitative estimate of drug-likeness (QED) is 0.258. The zero-order valence-electron chi connectivity index (χ0n) is 21.9. The number of hydrogen-bond donors (Lipinski definition) is 3. The van der Waals surface area contributed by atoms with Gasteiger partial charge >= 0.3 is 12.1 Å². The molecule has 1 aromatic carbocycles. The van der Waals surface area contributed by atoms with E-state index in [4.69, 9.17) is 9.84 Å². The van der Waals surface area contributed by atoms with Gasteiger partial charge in [0.1, 0.15) is 18.5 Å². The van der Waals surface area contributed by atoms with E-state index in [0.717, 1.165) is 16.9 Å². The summed E-state index contributed by atoms with van der Waals surface area (Å²) < 4.78 is 11.0. The molecular formula is C26H30N6O7. The first-order chi connectivity index (χ1) is 18.7. The molecule has 1 aliphatic carbocycles. The van der Waals surface area contributed by atoms with Crippen molar-refractivity contribution >= 4 is 40.9 Å². The maximum atomic E-state index is 13.5. The number of fused-ring (bicyclic) bond motifs is 1. The summed E-state index contributed by atoms with van der Waals surface area (Å²) in [6, 6.07) is 4.97. The third-order valence-corrected chi connectivity index (χ3v) is 6.20. The highest BCUT2D eigenvalue weighted by molar-refractivity contribution is 6.06. The summed E-state index contributed by atoms with van der Waals surface area (Å²) in [5.41, 5.74) is 3.30. The van der Waals surface area contributed by atoms with Crippen molar-refractivity contribution in [1.82, 2.24) is 24.8 Å². The van der Waals surface area contributed by atoms with Crippen molar-refractivity contribution in [3.05, 3.63) is 53.0 Å². The molecule has 1 fully saturated rings. The third kappa shape index (κ3) is 6.14. The van der Waals surface area contributed by atoms with Gasteiger partial charge in [-0.25, -0.2) is 24.0 Å². The number of amides is 3. The topological polar surface area (TPSA) is 164 Å². The maximum absolute atomic E-state index is 13.5. The second-order valence-corrected chi connectivity index (χ2v) is 9.09. The number of aliphatic hydroxyl groups is 1. The van der Waals surface area contributed by atoms with E-state index in [1.807, 2.05) is 19.9 Å². The van der Waals surface area contributed by atoms with Crippen molar-refractivity contribution in [2.24, 2.45) is 0 Å². The molecule has 0 saturated heterocycles. The van der Waals surface area contributed by atoms with Crippen molar-refractivity contribution in [3.8, 4) is 0 Å². The molecule has 39 heavy (non-hydrogen) atoms. The zero-order chi connectivity index (χ0) is 28.1. The zero-order valence-corrected chi connectivity index (χ0v) is 21.9. The average molecular weight is 539 g/mol. The Balaban J connectivity index is 1.60. The molecule has 3 amide bonds. The molecule has 3 aromatic rings. The molecule has 0 atom stereocenters. The second kappa shape index (κ2) is 11.9. The van der Waals surface area contributed by atoms with Crippen molar-refractivity contribution in [2.45, 2.75) is 46.1 Å². The molecule has 13 nitrogen and oxygen atoms in total. The molecule has 0 spiro atoms. The fraction of sp³-hybridized carbons (Fsp3) is 0.385. The number of anilines is 2. The van der Waals surface area contributed by atoms with Crippen molar-refractivity contribution in [1.29, 1.82) is 0 Å². The van der Waals surface area contributed by atoms with Gasteiger partial charge in [0.15, 0.2) is 5.82 Å². The molecule has 3 N–H and O–H groups in total. The van der Waals surface area contributed by atoms with Crippen LogP contribution in [0.1, 0.15) is 58.0 Å². The van der Waals surface area contributed by atoms with E-state index in [1.165, 1.54) is 17.0 Å². The molecule has 0 unspecified atom stereocenters. The van der Waals surface area contributed by atoms with Gasteiger partial charge in [-0.1, -0.05) is 13.0 Å². The van der Waals surface area contributed by atoms with Crippen LogP contribution in [0.15, 0.2) is 30.7 Å². The predicted molar refractivity (Wildman–Crippen MR) is 139 cm³/mol. The summed E-state index contributed by atoms with van der Waals surface area (Å²) in [5.74, 6) is -1.32. The first-order valence-corrected chi connectivity index (χ1v) is 12.5. The number of esters is 1. The number of benzene rings is 1. The van der Waals surface area contributed by atoms with Crippen LogP contribution in [0, 0.1) is 13.8 Å². The lowest BCUT2D eigenvalue weighted by atomic mass is 10.1. The Kier molecular flexibility index (Phi) is 8.39. The van der Waals surface area contributed by atoms with Gasteiger partial charge in [-0.05, 0) is 56.4 Å². The Bertz CT molecular complexity index is 1420. The number of aromatic nitrogens is 3. The first-order valence-electron chi connectivity index (χ1n) is 12.5. The van der Waals surface area contributed by atoms with Gasteiger partial charge in [0, 0.05) is 30.0 Å². The number of imide groups is 1. The van der Waals surface area contributed by atoms with Gasteiger partial charge in [0.25, 0.3) is 11.8 Å². The monoisotopic (exact) mass is 538 g/mol. The predicted octanol–water partition coefficient (Wildman–Crippen LogP) is 2.46. The number of carbonyl (C=O) groups excluding carboxylic acids is 4. The van der Waals surface area contributed by atoms with Gasteiger partial charge in [-0.3, -0.25) is 9.59 Å². The van der Waals surface area contributed by atoms with Gasteiger partial charge in [-0.2, -0.15) is 5.10 Å². The summed E-state index contributed by atoms with van der Waals surface area (Å²) in [6.45, 7) is 4.58. The SMILES string of the molecule is CCCNC(=O)c1ccc(C)c(Nc2ncnn3cc(C(=O)N(C(=O)OCOC(=O)CO)C4CC4)c(C)c23)c1. The molecule has 2 aromatic heterocycles. The summed E-state index contributed by atoms with van der Waals surface area (Å²) >= 11 is 0. The Labute approximate surface area is 224 Å². The molecule has 0 aliphatic heterocycles. The number of nitrogens with zero attached hydrogens (tertiary/aromatic N) is 4. The van der Waals surface area contributed by atoms with Crippen LogP contribution in [0.3, 0.4) is 0 Å². The fourth-order valence-electron chi connectivity index (χ4n) is 3.95. The number of aryl methyl sites for hydroxylation is 2. The van der Waals surface area contributed by atoms with Crippen LogP contribution in [-0.2, 0) is 14.3 Å². The maximum Gasteiger partial charge on any atom is 0.419 e. The summed E-state index contributed by atoms with van der Waals surface area (Å²) in [6.07, 6.45) is 3.95. The van der Waals surface area contributed by atoms with Gasteiger partial charge in [0.2, 0.25) is 6.79 Å². The lowest BCUT2D eigenvalue weighted by Crippen LogP contribution is -2.39. The standard InChI is InChI=1S/C26H30N6O7/c1-4-9-27-24(35)17-6-5-15(2)20(10-17)30-23-22-16(3)19(11-31(22)29-13-28-23)25(36)32(18-7-8-18)26(37)39-14-38-21(34)12-33/h5-6,10-11,13,18,33H,4,7-9,12,14H2,1-3H3,(H,27,35)(H,28,29,30). The molecule has 4 rings (SSSR count). The molecule has 1 aliphatic rings. The van der Waals surface area contributed by atoms with Crippen LogP contribution in [0.25, 0.3) is 5.52 Å². The number of hydrogen-bond acceptors (Lipinski definition) is 10. The smallest absolute Gasteiger partial charge is 0.419 e. The fourth-order valence-corrected chi connectivity index (χ4v) is 3.95. The highest BCUT2D eigenvalue weighted by Gasteiger charge is 2.40. The van der Waals surface area contributed by atoms with E-state index in [1.54, 1.807) is 19.1 Å². The molecule has 0 bridgehead atoms. The normalized spacial score (nSPS) is 12.6. The lowest BCUT2D eigenvalue weighted by molar-refractivity contribution is -0.155.